The van der Waals surface area contributed by atoms with Crippen LogP contribution >= 0.6 is 0 Å². The van der Waals surface area contributed by atoms with Crippen molar-refractivity contribution >= 4 is 0 Å². The summed E-state index contributed by atoms with van der Waals surface area (Å²) in [5, 5.41) is 3.82. The van der Waals surface area contributed by atoms with Gasteiger partial charge in [-0.25, -0.2) is 0 Å². The zero-order valence-electron chi connectivity index (χ0n) is 13.3. The van der Waals surface area contributed by atoms with Crippen molar-refractivity contribution < 1.29 is 0 Å². The Bertz CT molecular complexity index is 240. The predicted molar refractivity (Wildman–Crippen MR) is 83.5 cm³/mol. The lowest BCUT2D eigenvalue weighted by Crippen LogP contribution is -2.48. The topological polar surface area (TPSA) is 15.3 Å². The molecule has 2 heteroatoms. The van der Waals surface area contributed by atoms with Crippen molar-refractivity contribution in [1.82, 2.24) is 10.2 Å². The monoisotopic (exact) mass is 266 g/mol. The first kappa shape index (κ1) is 15.3. The molecule has 0 radical (unpaired) electrons. The normalized spacial score (nSPS) is 23.8. The maximum absolute atomic E-state index is 3.82. The van der Waals surface area contributed by atoms with E-state index in [9.17, 15) is 0 Å². The highest BCUT2D eigenvalue weighted by atomic mass is 15.2. The van der Waals surface area contributed by atoms with Gasteiger partial charge in [0, 0.05) is 31.2 Å². The van der Waals surface area contributed by atoms with Gasteiger partial charge in [-0.3, -0.25) is 4.90 Å². The van der Waals surface area contributed by atoms with Gasteiger partial charge in [-0.1, -0.05) is 39.5 Å². The lowest BCUT2D eigenvalue weighted by molar-refractivity contribution is 0.124. The molecule has 2 saturated carbocycles. The van der Waals surface area contributed by atoms with Crippen molar-refractivity contribution in [3.8, 4) is 0 Å². The van der Waals surface area contributed by atoms with E-state index in [0.717, 1.165) is 18.0 Å². The Labute approximate surface area is 120 Å². The van der Waals surface area contributed by atoms with E-state index in [1.807, 2.05) is 0 Å². The van der Waals surface area contributed by atoms with Crippen molar-refractivity contribution in [3.05, 3.63) is 0 Å². The second-order valence-corrected chi connectivity index (χ2v) is 7.27. The van der Waals surface area contributed by atoms with Crippen LogP contribution in [0, 0.1) is 5.92 Å². The summed E-state index contributed by atoms with van der Waals surface area (Å²) in [5.41, 5.74) is 0. The van der Waals surface area contributed by atoms with Crippen LogP contribution in [0.3, 0.4) is 0 Å². The predicted octanol–water partition coefficient (Wildman–Crippen LogP) is 3.81. The van der Waals surface area contributed by atoms with E-state index in [4.69, 9.17) is 0 Å². The van der Waals surface area contributed by atoms with Gasteiger partial charge in [-0.05, 0) is 38.5 Å². The second-order valence-electron chi connectivity index (χ2n) is 7.27. The van der Waals surface area contributed by atoms with E-state index in [1.54, 1.807) is 0 Å². The molecule has 0 heterocycles. The highest BCUT2D eigenvalue weighted by Crippen LogP contribution is 2.26. The lowest BCUT2D eigenvalue weighted by Gasteiger charge is -2.36. The molecule has 2 nitrogen and oxygen atoms in total. The Morgan fingerprint density at radius 2 is 1.53 bits per heavy atom. The highest BCUT2D eigenvalue weighted by molar-refractivity contribution is 4.84. The quantitative estimate of drug-likeness (QED) is 0.754. The molecule has 2 aliphatic rings. The van der Waals surface area contributed by atoms with E-state index in [2.05, 4.69) is 31.0 Å². The first-order chi connectivity index (χ1) is 9.16. The lowest BCUT2D eigenvalue weighted by atomic mass is 10.1. The molecule has 0 aromatic carbocycles. The molecule has 1 atom stereocenters. The number of nitrogens with zero attached hydrogens (tertiary/aromatic N) is 1. The van der Waals surface area contributed by atoms with Crippen LogP contribution in [-0.2, 0) is 0 Å². The van der Waals surface area contributed by atoms with Gasteiger partial charge in [0.05, 0.1) is 0 Å². The first-order valence-corrected chi connectivity index (χ1v) is 8.66. The molecule has 2 aliphatic carbocycles. The molecule has 0 aliphatic heterocycles. The smallest absolute Gasteiger partial charge is 0.0195 e. The zero-order chi connectivity index (χ0) is 13.7. The van der Waals surface area contributed by atoms with E-state index < -0.39 is 0 Å². The van der Waals surface area contributed by atoms with E-state index in [1.165, 1.54) is 64.5 Å². The van der Waals surface area contributed by atoms with Crippen LogP contribution in [0.2, 0.25) is 0 Å². The summed E-state index contributed by atoms with van der Waals surface area (Å²) in [4.78, 5) is 2.81. The molecule has 1 unspecified atom stereocenters. The Morgan fingerprint density at radius 1 is 0.947 bits per heavy atom. The fourth-order valence-corrected chi connectivity index (χ4v) is 3.93. The second kappa shape index (κ2) is 7.64. The Kier molecular flexibility index (Phi) is 6.15. The SMILES string of the molecule is CC(C)CN(C(C)CNC1CCCC1)C1CCCC1. The van der Waals surface area contributed by atoms with Gasteiger partial charge in [-0.2, -0.15) is 0 Å². The fourth-order valence-electron chi connectivity index (χ4n) is 3.93. The number of hydrogen-bond acceptors (Lipinski definition) is 2. The molecule has 112 valence electrons. The molecule has 0 spiro atoms. The number of hydrogen-bond donors (Lipinski definition) is 1. The molecule has 0 aromatic rings. The minimum atomic E-state index is 0.700. The molecule has 19 heavy (non-hydrogen) atoms. The summed E-state index contributed by atoms with van der Waals surface area (Å²) in [7, 11) is 0. The average molecular weight is 266 g/mol. The Balaban J connectivity index is 1.81. The van der Waals surface area contributed by atoms with Crippen LogP contribution in [0.1, 0.15) is 72.1 Å². The van der Waals surface area contributed by atoms with Crippen molar-refractivity contribution in [3.63, 3.8) is 0 Å². The van der Waals surface area contributed by atoms with E-state index >= 15 is 0 Å². The summed E-state index contributed by atoms with van der Waals surface area (Å²) in [5.74, 6) is 0.787. The number of rotatable bonds is 7. The summed E-state index contributed by atoms with van der Waals surface area (Å²) >= 11 is 0. The van der Waals surface area contributed by atoms with Gasteiger partial charge in [0.15, 0.2) is 0 Å². The molecule has 2 fully saturated rings. The van der Waals surface area contributed by atoms with Crippen LogP contribution in [-0.4, -0.2) is 36.1 Å². The standard InChI is InChI=1S/C17H34N2/c1-14(2)13-19(17-10-6-7-11-17)15(3)12-18-16-8-4-5-9-16/h14-18H,4-13H2,1-3H3. The average Bonchev–Trinajstić information content (AvgIpc) is 3.05. The summed E-state index contributed by atoms with van der Waals surface area (Å²) in [6.45, 7) is 9.62. The van der Waals surface area contributed by atoms with Crippen LogP contribution in [0.25, 0.3) is 0 Å². The minimum absolute atomic E-state index is 0.700. The Hall–Kier alpha value is -0.0800. The molecule has 0 aromatic heterocycles. The van der Waals surface area contributed by atoms with Crippen molar-refractivity contribution in [2.45, 2.75) is 90.3 Å². The maximum Gasteiger partial charge on any atom is 0.0195 e. The summed E-state index contributed by atoms with van der Waals surface area (Å²) in [6, 6.07) is 2.38. The van der Waals surface area contributed by atoms with Gasteiger partial charge in [0.25, 0.3) is 0 Å². The van der Waals surface area contributed by atoms with E-state index in [-0.39, 0.29) is 0 Å². The largest absolute Gasteiger partial charge is 0.312 e. The first-order valence-electron chi connectivity index (χ1n) is 8.66. The molecule has 0 amide bonds. The van der Waals surface area contributed by atoms with Crippen molar-refractivity contribution in [2.75, 3.05) is 13.1 Å². The molecule has 0 saturated heterocycles. The van der Waals surface area contributed by atoms with Gasteiger partial charge < -0.3 is 5.32 Å². The van der Waals surface area contributed by atoms with E-state index in [0.29, 0.717) is 6.04 Å². The fraction of sp³-hybridized carbons (Fsp3) is 1.00. The van der Waals surface area contributed by atoms with Gasteiger partial charge in [-0.15, -0.1) is 0 Å². The molecule has 0 bridgehead atoms. The Morgan fingerprint density at radius 3 is 2.11 bits per heavy atom. The number of nitrogens with one attached hydrogen (secondary N) is 1. The molecular weight excluding hydrogens is 232 g/mol. The van der Waals surface area contributed by atoms with Crippen molar-refractivity contribution in [1.29, 1.82) is 0 Å². The highest BCUT2D eigenvalue weighted by Gasteiger charge is 2.27. The minimum Gasteiger partial charge on any atom is -0.312 e. The maximum atomic E-state index is 3.82. The van der Waals surface area contributed by atoms with Crippen LogP contribution in [0.15, 0.2) is 0 Å². The third kappa shape index (κ3) is 4.75. The van der Waals surface area contributed by atoms with Gasteiger partial charge in [0.2, 0.25) is 0 Å². The third-order valence-corrected chi connectivity index (χ3v) is 4.99. The summed E-state index contributed by atoms with van der Waals surface area (Å²) in [6.07, 6.45) is 11.4. The third-order valence-electron chi connectivity index (χ3n) is 4.99. The van der Waals surface area contributed by atoms with Crippen molar-refractivity contribution in [2.24, 2.45) is 5.92 Å². The van der Waals surface area contributed by atoms with Crippen LogP contribution < -0.4 is 5.32 Å². The molecule has 1 N–H and O–H groups in total. The molecular formula is C17H34N2. The van der Waals surface area contributed by atoms with Gasteiger partial charge >= 0.3 is 0 Å². The summed E-state index contributed by atoms with van der Waals surface area (Å²) < 4.78 is 0. The molecule has 2 rings (SSSR count). The van der Waals surface area contributed by atoms with Crippen LogP contribution in [0.5, 0.6) is 0 Å². The van der Waals surface area contributed by atoms with Crippen LogP contribution in [0.4, 0.5) is 0 Å². The zero-order valence-corrected chi connectivity index (χ0v) is 13.3. The van der Waals surface area contributed by atoms with Gasteiger partial charge in [0.1, 0.15) is 0 Å².